The molecule has 13 heteroatoms. The summed E-state index contributed by atoms with van der Waals surface area (Å²) in [5.74, 6) is -0.426. The van der Waals surface area contributed by atoms with Gasteiger partial charge in [0.2, 0.25) is 5.91 Å². The molecule has 2 aromatic rings. The van der Waals surface area contributed by atoms with Crippen molar-refractivity contribution >= 4 is 23.2 Å². The maximum absolute atomic E-state index is 13.1. The lowest BCUT2D eigenvalue weighted by molar-refractivity contribution is -0.386. The first-order chi connectivity index (χ1) is 14.0. The molecule has 0 atom stereocenters. The van der Waals surface area contributed by atoms with Crippen LogP contribution in [-0.2, 0) is 24.1 Å². The van der Waals surface area contributed by atoms with Crippen LogP contribution in [0.25, 0.3) is 0 Å². The van der Waals surface area contributed by atoms with E-state index in [0.29, 0.717) is 12.1 Å². The number of aryl methyl sites for hydroxylation is 2. The molecule has 1 saturated carbocycles. The van der Waals surface area contributed by atoms with E-state index in [2.05, 4.69) is 15.5 Å². The van der Waals surface area contributed by atoms with Gasteiger partial charge in [0.15, 0.2) is 5.69 Å². The minimum Gasteiger partial charge on any atom is -0.354 e. The quantitative estimate of drug-likeness (QED) is 0.378. The number of nitro groups is 1. The Morgan fingerprint density at radius 2 is 1.97 bits per heavy atom. The van der Waals surface area contributed by atoms with E-state index in [4.69, 9.17) is 11.6 Å². The molecule has 30 heavy (non-hydrogen) atoms. The summed E-state index contributed by atoms with van der Waals surface area (Å²) in [6.45, 7) is 3.17. The van der Waals surface area contributed by atoms with Gasteiger partial charge >= 0.3 is 11.9 Å². The predicted molar refractivity (Wildman–Crippen MR) is 100 cm³/mol. The topological polar surface area (TPSA) is 108 Å². The molecule has 1 aliphatic rings. The van der Waals surface area contributed by atoms with Crippen molar-refractivity contribution in [3.63, 3.8) is 0 Å². The van der Waals surface area contributed by atoms with Gasteiger partial charge in [-0.1, -0.05) is 11.6 Å². The van der Waals surface area contributed by atoms with Crippen LogP contribution >= 0.6 is 11.6 Å². The van der Waals surface area contributed by atoms with Gasteiger partial charge in [-0.2, -0.15) is 23.4 Å². The third kappa shape index (κ3) is 4.58. The van der Waals surface area contributed by atoms with Crippen LogP contribution in [0.3, 0.4) is 0 Å². The summed E-state index contributed by atoms with van der Waals surface area (Å²) in [5.41, 5.74) is -0.334. The van der Waals surface area contributed by atoms with E-state index in [1.807, 2.05) is 0 Å². The fourth-order valence-corrected chi connectivity index (χ4v) is 3.70. The molecule has 0 bridgehead atoms. The molecule has 1 fully saturated rings. The van der Waals surface area contributed by atoms with Gasteiger partial charge in [-0.15, -0.1) is 0 Å². The lowest BCUT2D eigenvalue weighted by Gasteiger charge is -2.09. The first-order valence-electron chi connectivity index (χ1n) is 9.29. The molecular formula is C17H20ClF3N6O3. The van der Waals surface area contributed by atoms with Crippen LogP contribution in [0.2, 0.25) is 5.02 Å². The van der Waals surface area contributed by atoms with Crippen LogP contribution < -0.4 is 5.32 Å². The van der Waals surface area contributed by atoms with Crippen LogP contribution in [0, 0.1) is 24.0 Å². The summed E-state index contributed by atoms with van der Waals surface area (Å²) >= 11 is 5.92. The second-order valence-corrected chi connectivity index (χ2v) is 7.56. The summed E-state index contributed by atoms with van der Waals surface area (Å²) < 4.78 is 41.7. The number of aromatic nitrogens is 4. The van der Waals surface area contributed by atoms with Crippen LogP contribution in [0.15, 0.2) is 0 Å². The number of nitrogens with one attached hydrogen (secondary N) is 1. The average Bonchev–Trinajstić information content (AvgIpc) is 3.34. The summed E-state index contributed by atoms with van der Waals surface area (Å²) in [6.07, 6.45) is -2.73. The maximum atomic E-state index is 13.1. The molecule has 1 amide bonds. The lowest BCUT2D eigenvalue weighted by Crippen LogP contribution is -2.30. The molecular weight excluding hydrogens is 429 g/mol. The molecule has 164 valence electrons. The monoisotopic (exact) mass is 448 g/mol. The second-order valence-electron chi connectivity index (χ2n) is 7.18. The molecule has 3 rings (SSSR count). The Morgan fingerprint density at radius 3 is 2.50 bits per heavy atom. The number of hydrogen-bond donors (Lipinski definition) is 1. The Kier molecular flexibility index (Phi) is 6.06. The Labute approximate surface area is 174 Å². The average molecular weight is 449 g/mol. The van der Waals surface area contributed by atoms with Crippen molar-refractivity contribution in [1.29, 1.82) is 0 Å². The van der Waals surface area contributed by atoms with Crippen LogP contribution in [0.1, 0.15) is 48.0 Å². The van der Waals surface area contributed by atoms with Crippen molar-refractivity contribution in [2.75, 3.05) is 6.54 Å². The summed E-state index contributed by atoms with van der Waals surface area (Å²) in [7, 11) is 0. The number of rotatable bonds is 8. The third-order valence-corrected chi connectivity index (χ3v) is 5.22. The molecule has 0 unspecified atom stereocenters. The predicted octanol–water partition coefficient (Wildman–Crippen LogP) is 3.36. The number of carbonyl (C=O) groups is 1. The molecule has 1 N–H and O–H groups in total. The number of hydrogen-bond acceptors (Lipinski definition) is 5. The molecule has 9 nitrogen and oxygen atoms in total. The van der Waals surface area contributed by atoms with E-state index in [9.17, 15) is 28.1 Å². The normalized spacial score (nSPS) is 14.2. The zero-order chi connectivity index (χ0) is 22.2. The highest BCUT2D eigenvalue weighted by molar-refractivity contribution is 6.32. The Balaban J connectivity index is 1.56. The zero-order valence-corrected chi connectivity index (χ0v) is 17.0. The van der Waals surface area contributed by atoms with Gasteiger partial charge < -0.3 is 5.32 Å². The largest absolute Gasteiger partial charge is 0.436 e. The van der Waals surface area contributed by atoms with E-state index in [1.165, 1.54) is 23.2 Å². The summed E-state index contributed by atoms with van der Waals surface area (Å²) in [4.78, 5) is 22.6. The lowest BCUT2D eigenvalue weighted by atomic mass is 10.2. The number of amides is 1. The minimum atomic E-state index is -4.62. The maximum Gasteiger partial charge on any atom is 0.436 e. The van der Waals surface area contributed by atoms with Crippen molar-refractivity contribution in [1.82, 2.24) is 24.9 Å². The van der Waals surface area contributed by atoms with Crippen LogP contribution in [0.4, 0.5) is 18.9 Å². The van der Waals surface area contributed by atoms with E-state index in [-0.39, 0.29) is 47.7 Å². The highest BCUT2D eigenvalue weighted by Crippen LogP contribution is 2.46. The summed E-state index contributed by atoms with van der Waals surface area (Å²) in [6, 6.07) is 0. The molecule has 0 radical (unpaired) electrons. The summed E-state index contributed by atoms with van der Waals surface area (Å²) in [5, 5.41) is 20.9. The highest BCUT2D eigenvalue weighted by Gasteiger charge is 2.41. The Bertz CT molecular complexity index is 981. The van der Waals surface area contributed by atoms with Gasteiger partial charge in [-0.3, -0.25) is 24.3 Å². The van der Waals surface area contributed by atoms with E-state index < -0.39 is 22.7 Å². The fraction of sp³-hybridized carbons (Fsp3) is 0.588. The number of carbonyl (C=O) groups excluding carboxylic acids is 1. The first kappa shape index (κ1) is 22.1. The van der Waals surface area contributed by atoms with Crippen molar-refractivity contribution in [2.24, 2.45) is 0 Å². The van der Waals surface area contributed by atoms with Crippen LogP contribution in [0.5, 0.6) is 0 Å². The van der Waals surface area contributed by atoms with Crippen molar-refractivity contribution in [3.05, 3.63) is 37.9 Å². The van der Waals surface area contributed by atoms with Gasteiger partial charge in [0, 0.05) is 19.0 Å². The molecule has 0 spiro atoms. The standard InChI is InChI=1S/C17H20ClF3N6O3/c1-9-14(27(29)30)10(2)26(23-9)8-12(28)22-6-3-7-25-15(11-4-5-11)13(18)16(24-25)17(19,20)21/h11H,3-8H2,1-2H3,(H,22,28). The van der Waals surface area contributed by atoms with E-state index >= 15 is 0 Å². The van der Waals surface area contributed by atoms with Gasteiger partial charge in [0.1, 0.15) is 17.9 Å². The minimum absolute atomic E-state index is 0.0162. The van der Waals surface area contributed by atoms with Gasteiger partial charge in [0.25, 0.3) is 0 Å². The smallest absolute Gasteiger partial charge is 0.354 e. The highest BCUT2D eigenvalue weighted by atomic mass is 35.5. The van der Waals surface area contributed by atoms with Crippen molar-refractivity contribution in [3.8, 4) is 0 Å². The zero-order valence-electron chi connectivity index (χ0n) is 16.3. The first-order valence-corrected chi connectivity index (χ1v) is 9.67. The molecule has 1 aliphatic carbocycles. The van der Waals surface area contributed by atoms with Gasteiger partial charge in [-0.05, 0) is 33.1 Å². The molecule has 0 saturated heterocycles. The van der Waals surface area contributed by atoms with Crippen molar-refractivity contribution < 1.29 is 22.9 Å². The molecule has 2 aromatic heterocycles. The number of alkyl halides is 3. The van der Waals surface area contributed by atoms with Gasteiger partial charge in [0.05, 0.1) is 15.6 Å². The number of halogens is 4. The molecule has 0 aliphatic heterocycles. The second kappa shape index (κ2) is 8.25. The third-order valence-electron chi connectivity index (χ3n) is 4.85. The molecule has 2 heterocycles. The van der Waals surface area contributed by atoms with Crippen LogP contribution in [-0.4, -0.2) is 36.9 Å². The van der Waals surface area contributed by atoms with Crippen molar-refractivity contribution in [2.45, 2.75) is 58.3 Å². The SMILES string of the molecule is Cc1nn(CC(=O)NCCCn2nc(C(F)(F)F)c(Cl)c2C2CC2)c(C)c1[N+](=O)[O-]. The van der Waals surface area contributed by atoms with Gasteiger partial charge in [-0.25, -0.2) is 0 Å². The van der Waals surface area contributed by atoms with E-state index in [0.717, 1.165) is 12.8 Å². The molecule has 0 aromatic carbocycles. The van der Waals surface area contributed by atoms with E-state index in [1.54, 1.807) is 0 Å². The fourth-order valence-electron chi connectivity index (χ4n) is 3.31. The number of nitrogens with zero attached hydrogens (tertiary/aromatic N) is 5. The Hall–Kier alpha value is -2.63. The Morgan fingerprint density at radius 1 is 1.30 bits per heavy atom.